The van der Waals surface area contributed by atoms with Crippen molar-refractivity contribution >= 4 is 22.4 Å². The summed E-state index contributed by atoms with van der Waals surface area (Å²) >= 11 is 0. The largest absolute Gasteiger partial charge is 0.368 e. The van der Waals surface area contributed by atoms with Crippen LogP contribution in [0.1, 0.15) is 36.8 Å². The first-order valence-electron chi connectivity index (χ1n) is 12.9. The smallest absolute Gasteiger partial charge is 0.128 e. The SMILES string of the molecule is C[C@@H]1CN(c2ccc(C#N)c3ncccc23)CC2C[C@H](c3ccc(N4CCNCC4)nc3)CCN21. The molecule has 3 atom stereocenters. The van der Waals surface area contributed by atoms with Crippen LogP contribution in [0.2, 0.25) is 0 Å². The average molecular weight is 468 g/mol. The first-order valence-corrected chi connectivity index (χ1v) is 12.9. The Hall–Kier alpha value is -3.21. The van der Waals surface area contributed by atoms with E-state index in [1.54, 1.807) is 6.20 Å². The molecule has 0 amide bonds. The highest BCUT2D eigenvalue weighted by atomic mass is 15.3. The maximum absolute atomic E-state index is 9.54. The van der Waals surface area contributed by atoms with E-state index in [2.05, 4.69) is 68.5 Å². The highest BCUT2D eigenvalue weighted by molar-refractivity contribution is 5.95. The van der Waals surface area contributed by atoms with E-state index in [-0.39, 0.29) is 0 Å². The quantitative estimate of drug-likeness (QED) is 0.633. The summed E-state index contributed by atoms with van der Waals surface area (Å²) in [4.78, 5) is 17.0. The molecule has 1 N–H and O–H groups in total. The van der Waals surface area contributed by atoms with Crippen LogP contribution in [0.5, 0.6) is 0 Å². The van der Waals surface area contributed by atoms with Gasteiger partial charge >= 0.3 is 0 Å². The van der Waals surface area contributed by atoms with Gasteiger partial charge in [-0.25, -0.2) is 4.98 Å². The molecule has 0 bridgehead atoms. The molecule has 6 rings (SSSR count). The summed E-state index contributed by atoms with van der Waals surface area (Å²) in [5.74, 6) is 1.65. The summed E-state index contributed by atoms with van der Waals surface area (Å²) in [6.07, 6.45) is 6.25. The van der Waals surface area contributed by atoms with E-state index >= 15 is 0 Å². The van der Waals surface area contributed by atoms with Crippen LogP contribution in [0.4, 0.5) is 11.5 Å². The number of nitrogens with zero attached hydrogens (tertiary/aromatic N) is 6. The van der Waals surface area contributed by atoms with Gasteiger partial charge in [-0.05, 0) is 68.1 Å². The average Bonchev–Trinajstić information content (AvgIpc) is 2.92. The molecule has 5 heterocycles. The number of nitrogens with one attached hydrogen (secondary N) is 1. The van der Waals surface area contributed by atoms with Crippen molar-refractivity contribution in [3.63, 3.8) is 0 Å². The Morgan fingerprint density at radius 1 is 1.00 bits per heavy atom. The summed E-state index contributed by atoms with van der Waals surface area (Å²) < 4.78 is 0. The molecule has 3 aliphatic heterocycles. The van der Waals surface area contributed by atoms with Crippen molar-refractivity contribution in [3.8, 4) is 6.07 Å². The molecule has 3 aliphatic rings. The van der Waals surface area contributed by atoms with E-state index in [9.17, 15) is 5.26 Å². The molecule has 3 fully saturated rings. The van der Waals surface area contributed by atoms with Gasteiger partial charge in [0, 0.05) is 74.8 Å². The predicted molar refractivity (Wildman–Crippen MR) is 140 cm³/mol. The zero-order chi connectivity index (χ0) is 23.8. The van der Waals surface area contributed by atoms with Gasteiger partial charge in [-0.3, -0.25) is 9.88 Å². The van der Waals surface area contributed by atoms with Crippen LogP contribution in [-0.2, 0) is 0 Å². The minimum Gasteiger partial charge on any atom is -0.368 e. The van der Waals surface area contributed by atoms with Crippen LogP contribution in [0.15, 0.2) is 48.8 Å². The van der Waals surface area contributed by atoms with Gasteiger partial charge in [0.05, 0.1) is 11.1 Å². The number of piperazine rings is 2. The van der Waals surface area contributed by atoms with Gasteiger partial charge in [-0.1, -0.05) is 6.07 Å². The van der Waals surface area contributed by atoms with Crippen molar-refractivity contribution in [1.82, 2.24) is 20.2 Å². The number of aromatic nitrogens is 2. The first kappa shape index (κ1) is 22.3. The first-order chi connectivity index (χ1) is 17.2. The Labute approximate surface area is 207 Å². The summed E-state index contributed by atoms with van der Waals surface area (Å²) in [5, 5.41) is 14.0. The van der Waals surface area contributed by atoms with Crippen molar-refractivity contribution < 1.29 is 0 Å². The maximum Gasteiger partial charge on any atom is 0.128 e. The monoisotopic (exact) mass is 467 g/mol. The Balaban J connectivity index is 1.21. The van der Waals surface area contributed by atoms with Gasteiger partial charge in [-0.2, -0.15) is 5.26 Å². The molecule has 35 heavy (non-hydrogen) atoms. The van der Waals surface area contributed by atoms with Crippen LogP contribution in [-0.4, -0.2) is 72.8 Å². The van der Waals surface area contributed by atoms with Crippen molar-refractivity contribution in [2.45, 2.75) is 37.8 Å². The lowest BCUT2D eigenvalue weighted by Crippen LogP contribution is -2.60. The molecule has 0 radical (unpaired) electrons. The number of nitriles is 1. The molecule has 180 valence electrons. The second kappa shape index (κ2) is 9.44. The predicted octanol–water partition coefficient (Wildman–Crippen LogP) is 3.37. The van der Waals surface area contributed by atoms with Gasteiger partial charge in [0.1, 0.15) is 11.9 Å². The highest BCUT2D eigenvalue weighted by Crippen LogP contribution is 2.37. The zero-order valence-electron chi connectivity index (χ0n) is 20.4. The highest BCUT2D eigenvalue weighted by Gasteiger charge is 2.37. The van der Waals surface area contributed by atoms with Crippen molar-refractivity contribution in [2.75, 3.05) is 55.6 Å². The van der Waals surface area contributed by atoms with Gasteiger partial charge in [0.2, 0.25) is 0 Å². The summed E-state index contributed by atoms with van der Waals surface area (Å²) in [6.45, 7) is 9.61. The van der Waals surface area contributed by atoms with E-state index in [0.29, 0.717) is 23.6 Å². The number of anilines is 2. The van der Waals surface area contributed by atoms with Crippen LogP contribution < -0.4 is 15.1 Å². The molecule has 3 aromatic rings. The minimum atomic E-state index is 0.491. The Morgan fingerprint density at radius 2 is 1.89 bits per heavy atom. The molecule has 0 spiro atoms. The Bertz CT molecular complexity index is 1230. The van der Waals surface area contributed by atoms with E-state index < -0.39 is 0 Å². The van der Waals surface area contributed by atoms with Gasteiger partial charge < -0.3 is 15.1 Å². The topological polar surface area (TPSA) is 71.3 Å². The molecule has 0 aliphatic carbocycles. The number of benzene rings is 1. The molecule has 1 unspecified atom stereocenters. The molecule has 3 saturated heterocycles. The van der Waals surface area contributed by atoms with E-state index in [1.807, 2.05) is 12.1 Å². The van der Waals surface area contributed by atoms with Crippen LogP contribution >= 0.6 is 0 Å². The lowest BCUT2D eigenvalue weighted by atomic mass is 9.83. The number of rotatable bonds is 3. The fourth-order valence-electron chi connectivity index (χ4n) is 6.32. The van der Waals surface area contributed by atoms with Crippen LogP contribution in [0.25, 0.3) is 10.9 Å². The number of hydrogen-bond donors (Lipinski definition) is 1. The third kappa shape index (κ3) is 4.22. The minimum absolute atomic E-state index is 0.491. The lowest BCUT2D eigenvalue weighted by Gasteiger charge is -2.50. The van der Waals surface area contributed by atoms with E-state index in [0.717, 1.165) is 69.0 Å². The van der Waals surface area contributed by atoms with Crippen molar-refractivity contribution in [1.29, 1.82) is 5.26 Å². The molecular formula is C28H33N7. The standard InChI is InChI=1S/C28H33N7/c1-20-18-34(26-6-4-22(16-29)28-25(26)3-2-9-31-28)19-24-15-21(8-12-35(20)24)23-5-7-27(32-17-23)33-13-10-30-11-14-33/h2-7,9,17,20-21,24,30H,8,10-15,18-19H2,1H3/t20-,21-,24?/m1/s1. The van der Waals surface area contributed by atoms with Gasteiger partial charge in [0.15, 0.2) is 0 Å². The van der Waals surface area contributed by atoms with Crippen molar-refractivity contribution in [2.24, 2.45) is 0 Å². The maximum atomic E-state index is 9.54. The number of piperidine rings is 1. The second-order valence-electron chi connectivity index (χ2n) is 10.2. The van der Waals surface area contributed by atoms with E-state index in [4.69, 9.17) is 4.98 Å². The molecular weight excluding hydrogens is 434 g/mol. The summed E-state index contributed by atoms with van der Waals surface area (Å²) in [7, 11) is 0. The molecule has 7 nitrogen and oxygen atoms in total. The number of fused-ring (bicyclic) bond motifs is 2. The normalized spacial score (nSPS) is 25.3. The number of pyridine rings is 2. The van der Waals surface area contributed by atoms with Crippen LogP contribution in [0.3, 0.4) is 0 Å². The lowest BCUT2D eigenvalue weighted by molar-refractivity contribution is 0.0765. The summed E-state index contributed by atoms with van der Waals surface area (Å²) in [5.41, 5.74) is 4.02. The van der Waals surface area contributed by atoms with Gasteiger partial charge in [0.25, 0.3) is 0 Å². The Morgan fingerprint density at radius 3 is 2.69 bits per heavy atom. The summed E-state index contributed by atoms with van der Waals surface area (Å²) in [6, 6.07) is 16.0. The third-order valence-corrected chi connectivity index (χ3v) is 8.13. The zero-order valence-corrected chi connectivity index (χ0v) is 20.4. The van der Waals surface area contributed by atoms with E-state index in [1.165, 1.54) is 17.7 Å². The number of hydrogen-bond acceptors (Lipinski definition) is 7. The Kier molecular flexibility index (Phi) is 6.01. The molecule has 1 aromatic carbocycles. The molecule has 2 aromatic heterocycles. The fraction of sp³-hybridized carbons (Fsp3) is 0.464. The van der Waals surface area contributed by atoms with Crippen LogP contribution in [0, 0.1) is 11.3 Å². The fourth-order valence-corrected chi connectivity index (χ4v) is 6.32. The molecule has 7 heteroatoms. The van der Waals surface area contributed by atoms with Crippen molar-refractivity contribution in [3.05, 3.63) is 59.9 Å². The molecule has 0 saturated carbocycles. The third-order valence-electron chi connectivity index (χ3n) is 8.13. The van der Waals surface area contributed by atoms with Gasteiger partial charge in [-0.15, -0.1) is 0 Å². The second-order valence-corrected chi connectivity index (χ2v) is 10.2.